The van der Waals surface area contributed by atoms with Crippen molar-refractivity contribution in [2.45, 2.75) is 0 Å². The molecule has 0 radical (unpaired) electrons. The molecule has 0 aliphatic heterocycles. The summed E-state index contributed by atoms with van der Waals surface area (Å²) in [7, 11) is 0. The van der Waals surface area contributed by atoms with Gasteiger partial charge in [0.05, 0.1) is 18.2 Å². The predicted molar refractivity (Wildman–Crippen MR) is 83.3 cm³/mol. The largest absolute Gasteiger partial charge is 0.384 e. The Hall–Kier alpha value is -3.15. The molecule has 0 unspecified atom stereocenters. The summed E-state index contributed by atoms with van der Waals surface area (Å²) in [4.78, 5) is 17.0. The molecule has 4 aromatic rings. The van der Waals surface area contributed by atoms with Gasteiger partial charge in [0.1, 0.15) is 5.82 Å². The van der Waals surface area contributed by atoms with Crippen molar-refractivity contribution >= 4 is 16.7 Å². The van der Waals surface area contributed by atoms with Gasteiger partial charge >= 0.3 is 0 Å². The molecule has 21 heavy (non-hydrogen) atoms. The zero-order chi connectivity index (χ0) is 14.8. The molecule has 6 heteroatoms. The standard InChI is InChI=1S/C9H8N2.2C3H4N2/c10-9-6-5-7-3-1-2-4-8(7)11-9;2*1-2-5-3-4-1/h1-6H,(H2,10,11);2*1-3H,(H,4,5). The second kappa shape index (κ2) is 8.11. The van der Waals surface area contributed by atoms with Gasteiger partial charge in [-0.25, -0.2) is 15.0 Å². The minimum Gasteiger partial charge on any atom is -0.384 e. The number of benzene rings is 1. The molecule has 106 valence electrons. The van der Waals surface area contributed by atoms with E-state index in [-0.39, 0.29) is 0 Å². The van der Waals surface area contributed by atoms with Gasteiger partial charge in [-0.2, -0.15) is 0 Å². The number of pyridine rings is 1. The molecule has 0 spiro atoms. The van der Waals surface area contributed by atoms with E-state index in [9.17, 15) is 0 Å². The normalized spacial score (nSPS) is 9.14. The number of hydrogen-bond acceptors (Lipinski definition) is 4. The van der Waals surface area contributed by atoms with E-state index in [0.717, 1.165) is 10.9 Å². The molecule has 0 aliphatic rings. The summed E-state index contributed by atoms with van der Waals surface area (Å²) in [6.45, 7) is 0. The molecular formula is C15H16N6. The zero-order valence-electron chi connectivity index (χ0n) is 11.3. The van der Waals surface area contributed by atoms with Crippen molar-refractivity contribution in [3.05, 3.63) is 73.8 Å². The van der Waals surface area contributed by atoms with Gasteiger partial charge in [0, 0.05) is 30.2 Å². The first-order valence-corrected chi connectivity index (χ1v) is 6.33. The molecular weight excluding hydrogens is 264 g/mol. The number of imidazole rings is 2. The highest BCUT2D eigenvalue weighted by atomic mass is 14.8. The fourth-order valence-corrected chi connectivity index (χ4v) is 1.51. The van der Waals surface area contributed by atoms with E-state index in [1.807, 2.05) is 36.4 Å². The fraction of sp³-hybridized carbons (Fsp3) is 0. The van der Waals surface area contributed by atoms with Crippen LogP contribution in [0.5, 0.6) is 0 Å². The quantitative estimate of drug-likeness (QED) is 0.461. The number of nitrogens with two attached hydrogens (primary N) is 1. The highest BCUT2D eigenvalue weighted by molar-refractivity contribution is 5.79. The third-order valence-corrected chi connectivity index (χ3v) is 2.43. The Morgan fingerprint density at radius 1 is 0.810 bits per heavy atom. The average molecular weight is 280 g/mol. The number of fused-ring (bicyclic) bond motifs is 1. The SMILES string of the molecule is Nc1ccc2ccccc2n1.c1c[nH]cn1.c1c[nH]cn1. The Balaban J connectivity index is 0.000000134. The third kappa shape index (κ3) is 5.15. The minimum atomic E-state index is 0.573. The van der Waals surface area contributed by atoms with E-state index >= 15 is 0 Å². The number of nitrogens with one attached hydrogen (secondary N) is 2. The molecule has 0 amide bonds. The second-order valence-electron chi connectivity index (χ2n) is 3.95. The fourth-order valence-electron chi connectivity index (χ4n) is 1.51. The number of hydrogen-bond donors (Lipinski definition) is 3. The van der Waals surface area contributed by atoms with Crippen LogP contribution in [0.15, 0.2) is 73.8 Å². The van der Waals surface area contributed by atoms with E-state index in [0.29, 0.717) is 5.82 Å². The highest BCUT2D eigenvalue weighted by Crippen LogP contribution is 2.11. The third-order valence-electron chi connectivity index (χ3n) is 2.43. The van der Waals surface area contributed by atoms with Crippen LogP contribution in [0.25, 0.3) is 10.9 Å². The summed E-state index contributed by atoms with van der Waals surface area (Å²) in [6, 6.07) is 11.7. The molecule has 0 fully saturated rings. The topological polar surface area (TPSA) is 96.3 Å². The van der Waals surface area contributed by atoms with E-state index in [2.05, 4.69) is 24.9 Å². The number of para-hydroxylation sites is 1. The summed E-state index contributed by atoms with van der Waals surface area (Å²) < 4.78 is 0. The van der Waals surface area contributed by atoms with Gasteiger partial charge in [0.15, 0.2) is 0 Å². The van der Waals surface area contributed by atoms with Crippen LogP contribution >= 0.6 is 0 Å². The molecule has 0 saturated heterocycles. The van der Waals surface area contributed by atoms with Gasteiger partial charge in [0.2, 0.25) is 0 Å². The zero-order valence-corrected chi connectivity index (χ0v) is 11.3. The molecule has 3 heterocycles. The number of nitrogen functional groups attached to an aromatic ring is 1. The Morgan fingerprint density at radius 3 is 2.00 bits per heavy atom. The Bertz CT molecular complexity index is 658. The van der Waals surface area contributed by atoms with Gasteiger partial charge in [-0.1, -0.05) is 18.2 Å². The van der Waals surface area contributed by atoms with Crippen molar-refractivity contribution in [1.82, 2.24) is 24.9 Å². The van der Waals surface area contributed by atoms with Gasteiger partial charge in [0.25, 0.3) is 0 Å². The van der Waals surface area contributed by atoms with Gasteiger partial charge in [-0.05, 0) is 18.2 Å². The summed E-state index contributed by atoms with van der Waals surface area (Å²) in [6.07, 6.45) is 10.2. The molecule has 0 bridgehead atoms. The first-order chi connectivity index (χ1) is 10.4. The summed E-state index contributed by atoms with van der Waals surface area (Å²) in [5.41, 5.74) is 6.46. The van der Waals surface area contributed by atoms with Crippen molar-refractivity contribution in [3.63, 3.8) is 0 Å². The lowest BCUT2D eigenvalue weighted by Crippen LogP contribution is -1.88. The van der Waals surface area contributed by atoms with Crippen molar-refractivity contribution in [1.29, 1.82) is 0 Å². The summed E-state index contributed by atoms with van der Waals surface area (Å²) >= 11 is 0. The first-order valence-electron chi connectivity index (χ1n) is 6.33. The Morgan fingerprint density at radius 2 is 1.48 bits per heavy atom. The molecule has 0 atom stereocenters. The smallest absolute Gasteiger partial charge is 0.124 e. The van der Waals surface area contributed by atoms with Gasteiger partial charge < -0.3 is 15.7 Å². The van der Waals surface area contributed by atoms with Crippen molar-refractivity contribution in [3.8, 4) is 0 Å². The van der Waals surface area contributed by atoms with Gasteiger partial charge in [-0.15, -0.1) is 0 Å². The molecule has 6 nitrogen and oxygen atoms in total. The van der Waals surface area contributed by atoms with Crippen LogP contribution < -0.4 is 5.73 Å². The van der Waals surface area contributed by atoms with Crippen LogP contribution in [0.1, 0.15) is 0 Å². The molecule has 0 aliphatic carbocycles. The number of H-pyrrole nitrogens is 2. The first kappa shape index (κ1) is 14.3. The van der Waals surface area contributed by atoms with Crippen molar-refractivity contribution in [2.75, 3.05) is 5.73 Å². The number of anilines is 1. The van der Waals surface area contributed by atoms with E-state index < -0.39 is 0 Å². The van der Waals surface area contributed by atoms with E-state index in [4.69, 9.17) is 5.73 Å². The molecule has 4 rings (SSSR count). The van der Waals surface area contributed by atoms with Crippen LogP contribution in [0.4, 0.5) is 5.82 Å². The lowest BCUT2D eigenvalue weighted by atomic mass is 10.2. The van der Waals surface area contributed by atoms with Crippen molar-refractivity contribution in [2.24, 2.45) is 0 Å². The van der Waals surface area contributed by atoms with Crippen LogP contribution in [-0.2, 0) is 0 Å². The maximum atomic E-state index is 5.51. The maximum absolute atomic E-state index is 5.51. The second-order valence-corrected chi connectivity index (χ2v) is 3.95. The van der Waals surface area contributed by atoms with Crippen LogP contribution in [-0.4, -0.2) is 24.9 Å². The molecule has 3 aromatic heterocycles. The van der Waals surface area contributed by atoms with Crippen LogP contribution in [0, 0.1) is 0 Å². The van der Waals surface area contributed by atoms with Crippen LogP contribution in [0.2, 0.25) is 0 Å². The summed E-state index contributed by atoms with van der Waals surface area (Å²) in [5.74, 6) is 0.573. The monoisotopic (exact) mass is 280 g/mol. The number of aromatic nitrogens is 5. The highest BCUT2D eigenvalue weighted by Gasteiger charge is 1.91. The van der Waals surface area contributed by atoms with E-state index in [1.165, 1.54) is 0 Å². The van der Waals surface area contributed by atoms with Crippen LogP contribution in [0.3, 0.4) is 0 Å². The van der Waals surface area contributed by atoms with Crippen molar-refractivity contribution < 1.29 is 0 Å². The molecule has 1 aromatic carbocycles. The average Bonchev–Trinajstić information content (AvgIpc) is 3.25. The summed E-state index contributed by atoms with van der Waals surface area (Å²) in [5, 5.41) is 1.13. The Kier molecular flexibility index (Phi) is 5.51. The van der Waals surface area contributed by atoms with Gasteiger partial charge in [-0.3, -0.25) is 0 Å². The lowest BCUT2D eigenvalue weighted by molar-refractivity contribution is 1.31. The predicted octanol–water partition coefficient (Wildman–Crippen LogP) is 2.64. The lowest BCUT2D eigenvalue weighted by Gasteiger charge is -1.95. The molecule has 0 saturated carbocycles. The number of nitrogens with zero attached hydrogens (tertiary/aromatic N) is 3. The molecule has 4 N–H and O–H groups in total. The number of aromatic amines is 2. The maximum Gasteiger partial charge on any atom is 0.124 e. The minimum absolute atomic E-state index is 0.573. The Labute approximate surface area is 122 Å². The van der Waals surface area contributed by atoms with E-state index in [1.54, 1.807) is 37.4 Å². The number of rotatable bonds is 0.